The van der Waals surface area contributed by atoms with Crippen molar-refractivity contribution in [2.24, 2.45) is 0 Å². The molecule has 3 nitrogen and oxygen atoms in total. The number of aryl methyl sites for hydroxylation is 1. The molecule has 92 valence electrons. The molecule has 1 heterocycles. The molecular weight excluding hydrogens is 327 g/mol. The molecule has 0 bridgehead atoms. The second-order valence-electron chi connectivity index (χ2n) is 4.49. The minimum atomic E-state index is 0.159. The maximum Gasteiger partial charge on any atom is 0.255 e. The maximum absolute atomic E-state index is 12.5. The van der Waals surface area contributed by atoms with Crippen LogP contribution >= 0.6 is 22.6 Å². The summed E-state index contributed by atoms with van der Waals surface area (Å²) in [6, 6.07) is 6.19. The first kappa shape index (κ1) is 12.8. The van der Waals surface area contributed by atoms with Gasteiger partial charge in [-0.1, -0.05) is 12.1 Å². The number of nitrogens with zero attached hydrogens (tertiary/aromatic N) is 1. The summed E-state index contributed by atoms with van der Waals surface area (Å²) in [5.41, 5.74) is 2.00. The van der Waals surface area contributed by atoms with Gasteiger partial charge in [0.15, 0.2) is 0 Å². The predicted molar refractivity (Wildman–Crippen MR) is 77.3 cm³/mol. The van der Waals surface area contributed by atoms with Crippen LogP contribution in [-0.2, 0) is 0 Å². The van der Waals surface area contributed by atoms with Crippen LogP contribution in [0.1, 0.15) is 22.8 Å². The molecule has 1 N–H and O–H groups in total. The van der Waals surface area contributed by atoms with Crippen LogP contribution in [0.25, 0.3) is 0 Å². The minimum absolute atomic E-state index is 0.159. The van der Waals surface area contributed by atoms with E-state index in [2.05, 4.69) is 34.8 Å². The van der Waals surface area contributed by atoms with E-state index >= 15 is 0 Å². The first-order valence-corrected chi connectivity index (χ1v) is 6.96. The highest BCUT2D eigenvalue weighted by molar-refractivity contribution is 14.1. The smallest absolute Gasteiger partial charge is 0.255 e. The molecule has 1 aliphatic rings. The highest BCUT2D eigenvalue weighted by Gasteiger charge is 2.25. The van der Waals surface area contributed by atoms with Gasteiger partial charge in [-0.05, 0) is 48.1 Å². The third-order valence-corrected chi connectivity index (χ3v) is 4.62. The number of amides is 1. The van der Waals surface area contributed by atoms with Gasteiger partial charge in [-0.3, -0.25) is 4.79 Å². The van der Waals surface area contributed by atoms with Crippen molar-refractivity contribution in [1.82, 2.24) is 10.2 Å². The zero-order chi connectivity index (χ0) is 12.4. The van der Waals surface area contributed by atoms with Gasteiger partial charge < -0.3 is 10.2 Å². The summed E-state index contributed by atoms with van der Waals surface area (Å²) in [5.74, 6) is 0.159. The van der Waals surface area contributed by atoms with Crippen molar-refractivity contribution >= 4 is 28.5 Å². The Morgan fingerprint density at radius 2 is 2.29 bits per heavy atom. The van der Waals surface area contributed by atoms with Gasteiger partial charge in [0, 0.05) is 29.2 Å². The van der Waals surface area contributed by atoms with Gasteiger partial charge in [0.25, 0.3) is 5.91 Å². The predicted octanol–water partition coefficient (Wildman–Crippen LogP) is 2.03. The van der Waals surface area contributed by atoms with Gasteiger partial charge in [0.05, 0.1) is 5.56 Å². The zero-order valence-electron chi connectivity index (χ0n) is 10.2. The van der Waals surface area contributed by atoms with Crippen LogP contribution in [0.5, 0.6) is 0 Å². The fourth-order valence-electron chi connectivity index (χ4n) is 2.11. The molecule has 2 rings (SSSR count). The van der Waals surface area contributed by atoms with Crippen molar-refractivity contribution in [3.05, 3.63) is 32.9 Å². The molecule has 1 saturated heterocycles. The van der Waals surface area contributed by atoms with Gasteiger partial charge in [-0.2, -0.15) is 0 Å². The second-order valence-corrected chi connectivity index (χ2v) is 5.57. The zero-order valence-corrected chi connectivity index (χ0v) is 12.3. The molecule has 17 heavy (non-hydrogen) atoms. The van der Waals surface area contributed by atoms with Crippen LogP contribution in [0, 0.1) is 10.5 Å². The van der Waals surface area contributed by atoms with Crippen LogP contribution in [0.15, 0.2) is 18.2 Å². The van der Waals surface area contributed by atoms with E-state index < -0.39 is 0 Å². The molecule has 0 saturated carbocycles. The number of benzene rings is 1. The van der Waals surface area contributed by atoms with E-state index in [-0.39, 0.29) is 11.9 Å². The van der Waals surface area contributed by atoms with E-state index in [0.717, 1.165) is 28.8 Å². The average Bonchev–Trinajstić information content (AvgIpc) is 2.32. The van der Waals surface area contributed by atoms with Gasteiger partial charge in [0.1, 0.15) is 0 Å². The van der Waals surface area contributed by atoms with Crippen molar-refractivity contribution < 1.29 is 4.79 Å². The SMILES string of the molecule is Cc1cccc(C(=O)N2CCNC[C@@H]2C)c1I. The summed E-state index contributed by atoms with van der Waals surface area (Å²) in [6.07, 6.45) is 0. The van der Waals surface area contributed by atoms with Crippen molar-refractivity contribution in [2.45, 2.75) is 19.9 Å². The standard InChI is InChI=1S/C13H17IN2O/c1-9-4-3-5-11(12(9)14)13(17)16-7-6-15-8-10(16)2/h3-5,10,15H,6-8H2,1-2H3/t10-/m0/s1. The molecule has 1 aromatic rings. The lowest BCUT2D eigenvalue weighted by molar-refractivity contribution is 0.0654. The second kappa shape index (κ2) is 5.35. The van der Waals surface area contributed by atoms with E-state index in [1.165, 1.54) is 5.56 Å². The number of hydrogen-bond acceptors (Lipinski definition) is 2. The van der Waals surface area contributed by atoms with Gasteiger partial charge in [-0.25, -0.2) is 0 Å². The van der Waals surface area contributed by atoms with Crippen molar-refractivity contribution in [1.29, 1.82) is 0 Å². The molecule has 0 aliphatic carbocycles. The highest BCUT2D eigenvalue weighted by Crippen LogP contribution is 2.19. The van der Waals surface area contributed by atoms with Gasteiger partial charge >= 0.3 is 0 Å². The van der Waals surface area contributed by atoms with Crippen LogP contribution in [0.4, 0.5) is 0 Å². The number of carbonyl (C=O) groups is 1. The molecule has 1 aromatic carbocycles. The Morgan fingerprint density at radius 1 is 1.53 bits per heavy atom. The van der Waals surface area contributed by atoms with E-state index in [4.69, 9.17) is 0 Å². The molecule has 0 unspecified atom stereocenters. The maximum atomic E-state index is 12.5. The third-order valence-electron chi connectivity index (χ3n) is 3.18. The number of halogens is 1. The Kier molecular flexibility index (Phi) is 4.04. The number of carbonyl (C=O) groups excluding carboxylic acids is 1. The number of piperazine rings is 1. The molecule has 1 amide bonds. The fourth-order valence-corrected chi connectivity index (χ4v) is 2.70. The Hall–Kier alpha value is -0.620. The molecule has 0 spiro atoms. The van der Waals surface area contributed by atoms with Crippen LogP contribution < -0.4 is 5.32 Å². The van der Waals surface area contributed by atoms with Crippen LogP contribution in [0.2, 0.25) is 0 Å². The van der Waals surface area contributed by atoms with Crippen LogP contribution in [0.3, 0.4) is 0 Å². The Morgan fingerprint density at radius 3 is 3.00 bits per heavy atom. The van der Waals surface area contributed by atoms with Gasteiger partial charge in [-0.15, -0.1) is 0 Å². The molecule has 1 fully saturated rings. The largest absolute Gasteiger partial charge is 0.333 e. The molecular formula is C13H17IN2O. The first-order valence-electron chi connectivity index (χ1n) is 5.88. The number of hydrogen-bond donors (Lipinski definition) is 1. The Balaban J connectivity index is 2.27. The summed E-state index contributed by atoms with van der Waals surface area (Å²) in [7, 11) is 0. The number of rotatable bonds is 1. The average molecular weight is 344 g/mol. The monoisotopic (exact) mass is 344 g/mol. The van der Waals surface area contributed by atoms with Crippen molar-refractivity contribution in [2.75, 3.05) is 19.6 Å². The summed E-state index contributed by atoms with van der Waals surface area (Å²) < 4.78 is 1.07. The summed E-state index contributed by atoms with van der Waals surface area (Å²) >= 11 is 2.26. The minimum Gasteiger partial charge on any atom is -0.333 e. The van der Waals surface area contributed by atoms with E-state index in [1.54, 1.807) is 0 Å². The molecule has 1 aliphatic heterocycles. The third kappa shape index (κ3) is 2.63. The molecule has 4 heteroatoms. The lowest BCUT2D eigenvalue weighted by Gasteiger charge is -2.34. The normalized spacial score (nSPS) is 20.4. The molecule has 0 radical (unpaired) electrons. The van der Waals surface area contributed by atoms with Gasteiger partial charge in [0.2, 0.25) is 0 Å². The van der Waals surface area contributed by atoms with E-state index in [1.807, 2.05) is 30.0 Å². The van der Waals surface area contributed by atoms with Crippen molar-refractivity contribution in [3.63, 3.8) is 0 Å². The number of nitrogens with one attached hydrogen (secondary N) is 1. The van der Waals surface area contributed by atoms with E-state index in [9.17, 15) is 4.79 Å². The lowest BCUT2D eigenvalue weighted by Crippen LogP contribution is -2.52. The highest BCUT2D eigenvalue weighted by atomic mass is 127. The van der Waals surface area contributed by atoms with E-state index in [0.29, 0.717) is 0 Å². The first-order chi connectivity index (χ1) is 8.11. The molecule has 1 atom stereocenters. The summed E-state index contributed by atoms with van der Waals surface area (Å²) in [5, 5.41) is 3.30. The quantitative estimate of drug-likeness (QED) is 0.791. The molecule has 0 aromatic heterocycles. The lowest BCUT2D eigenvalue weighted by atomic mass is 10.1. The Bertz CT molecular complexity index is 433. The summed E-state index contributed by atoms with van der Waals surface area (Å²) in [4.78, 5) is 14.4. The van der Waals surface area contributed by atoms with Crippen molar-refractivity contribution in [3.8, 4) is 0 Å². The summed E-state index contributed by atoms with van der Waals surface area (Å²) in [6.45, 7) is 6.70. The fraction of sp³-hybridized carbons (Fsp3) is 0.462. The Labute approximate surface area is 116 Å². The van der Waals surface area contributed by atoms with Crippen LogP contribution in [-0.4, -0.2) is 36.5 Å². The topological polar surface area (TPSA) is 32.3 Å².